The van der Waals surface area contributed by atoms with Gasteiger partial charge in [-0.05, 0) is 114 Å². The summed E-state index contributed by atoms with van der Waals surface area (Å²) in [5, 5.41) is 36.8. The van der Waals surface area contributed by atoms with Crippen molar-refractivity contribution in [2.75, 3.05) is 37.0 Å². The van der Waals surface area contributed by atoms with Crippen molar-refractivity contribution in [2.24, 2.45) is 5.41 Å². The summed E-state index contributed by atoms with van der Waals surface area (Å²) in [6.45, 7) is 19.6. The zero-order valence-electron chi connectivity index (χ0n) is 34.9. The number of hydrogen-bond donors (Lipinski definition) is 0. The molecule has 0 fully saturated rings. The molecule has 8 heteroatoms. The molecule has 0 spiro atoms. The Morgan fingerprint density at radius 3 is 1.63 bits per heavy atom. The Morgan fingerprint density at radius 1 is 0.684 bits per heavy atom. The highest BCUT2D eigenvalue weighted by molar-refractivity contribution is 5.72. The van der Waals surface area contributed by atoms with E-state index in [-0.39, 0.29) is 27.4 Å². The molecule has 4 heterocycles. The molecule has 0 aromatic heterocycles. The first-order chi connectivity index (χ1) is 26.9. The van der Waals surface area contributed by atoms with Crippen LogP contribution < -0.4 is 9.80 Å². The van der Waals surface area contributed by atoms with Crippen LogP contribution in [0.1, 0.15) is 90.5 Å². The van der Waals surface area contributed by atoms with Crippen molar-refractivity contribution >= 4 is 23.5 Å². The molecule has 0 atom stereocenters. The van der Waals surface area contributed by atoms with Gasteiger partial charge in [0.05, 0.1) is 0 Å². The number of anilines is 2. The van der Waals surface area contributed by atoms with E-state index in [9.17, 15) is 10.5 Å². The molecular formula is C49H52N6O2. The lowest BCUT2D eigenvalue weighted by atomic mass is 9.69. The molecule has 57 heavy (non-hydrogen) atoms. The van der Waals surface area contributed by atoms with E-state index >= 15 is 0 Å². The van der Waals surface area contributed by atoms with E-state index < -0.39 is 0 Å². The van der Waals surface area contributed by atoms with Gasteiger partial charge in [-0.25, -0.2) is 0 Å². The Balaban J connectivity index is 0.000000235. The topological polar surface area (TPSA) is 120 Å². The third kappa shape index (κ3) is 9.67. The number of rotatable bonds is 5. The van der Waals surface area contributed by atoms with Crippen LogP contribution in [0.3, 0.4) is 0 Å². The number of nitriles is 4. The van der Waals surface area contributed by atoms with E-state index in [0.717, 1.165) is 48.5 Å². The fourth-order valence-electron chi connectivity index (χ4n) is 7.11. The second-order valence-electron chi connectivity index (χ2n) is 17.3. The Bertz CT molecular complexity index is 2280. The molecule has 2 aromatic rings. The van der Waals surface area contributed by atoms with Crippen LogP contribution in [-0.2, 0) is 20.3 Å². The van der Waals surface area contributed by atoms with E-state index in [4.69, 9.17) is 20.0 Å². The Kier molecular flexibility index (Phi) is 12.2. The first-order valence-corrected chi connectivity index (χ1v) is 19.2. The fourth-order valence-corrected chi connectivity index (χ4v) is 7.11. The maximum Gasteiger partial charge on any atom is 0.137 e. The van der Waals surface area contributed by atoms with Gasteiger partial charge in [0.15, 0.2) is 0 Å². The molecule has 0 amide bonds. The van der Waals surface area contributed by atoms with Gasteiger partial charge in [-0.15, -0.1) is 0 Å². The molecule has 4 aliphatic heterocycles. The zero-order chi connectivity index (χ0) is 41.7. The van der Waals surface area contributed by atoms with Crippen molar-refractivity contribution in [1.29, 1.82) is 21.0 Å². The quantitative estimate of drug-likeness (QED) is 0.277. The van der Waals surface area contributed by atoms with Gasteiger partial charge in [-0.3, -0.25) is 0 Å². The Hall–Kier alpha value is -6.48. The van der Waals surface area contributed by atoms with Crippen molar-refractivity contribution in [3.05, 3.63) is 140 Å². The first-order valence-electron chi connectivity index (χ1n) is 19.2. The third-order valence-corrected chi connectivity index (χ3v) is 10.7. The predicted octanol–water partition coefficient (Wildman–Crippen LogP) is 11.0. The van der Waals surface area contributed by atoms with E-state index in [2.05, 4.69) is 71.6 Å². The van der Waals surface area contributed by atoms with E-state index in [1.54, 1.807) is 25.2 Å². The van der Waals surface area contributed by atoms with Crippen LogP contribution in [-0.4, -0.2) is 27.2 Å². The second-order valence-corrected chi connectivity index (χ2v) is 17.3. The molecule has 290 valence electrons. The SMILES string of the molecule is CC(C)(C)C1=CC(=C(C#N)C#N)C=C(/C=C/c2cc3c4c(c2)C(C)(C)CCN4CCC3(C)C)O1.CC1=CC(=C(C#N)C#N)C=C(/C=C/c2ccc(N(C)C)cc2)O1. The Morgan fingerprint density at radius 2 is 1.16 bits per heavy atom. The van der Waals surface area contributed by atoms with E-state index in [1.165, 1.54) is 16.8 Å². The molecular weight excluding hydrogens is 705 g/mol. The number of benzene rings is 2. The summed E-state index contributed by atoms with van der Waals surface area (Å²) in [6.07, 6.45) is 17.1. The highest BCUT2D eigenvalue weighted by atomic mass is 16.5. The molecule has 0 radical (unpaired) electrons. The van der Waals surface area contributed by atoms with Crippen molar-refractivity contribution in [1.82, 2.24) is 0 Å². The Labute approximate surface area is 339 Å². The largest absolute Gasteiger partial charge is 0.462 e. The standard InChI is InChI=1S/C30H35N3O.C19H17N3O/c1-28(2,3)26-17-21(22(18-31)19-32)16-23(34-26)9-8-20-14-24-27-25(15-20)30(6,7)11-13-33(27)12-10-29(24,4)5;1-14-10-16(17(12-20)13-21)11-19(23-14)9-6-15-4-7-18(8-5-15)22(2)3/h8-9,14-17H,10-13H2,1-7H3;4-11H,1-3H3/b9-8+;9-6+. The summed E-state index contributed by atoms with van der Waals surface area (Å²) in [6, 6.07) is 20.6. The minimum Gasteiger partial charge on any atom is -0.462 e. The zero-order valence-corrected chi connectivity index (χ0v) is 34.9. The van der Waals surface area contributed by atoms with Gasteiger partial charge < -0.3 is 19.3 Å². The van der Waals surface area contributed by atoms with Gasteiger partial charge in [0.1, 0.15) is 58.5 Å². The summed E-state index contributed by atoms with van der Waals surface area (Å²) in [5.74, 6) is 2.62. The van der Waals surface area contributed by atoms with Crippen LogP contribution in [0, 0.1) is 50.7 Å². The maximum absolute atomic E-state index is 9.41. The molecule has 0 saturated heterocycles. The lowest BCUT2D eigenvalue weighted by Gasteiger charge is -2.48. The van der Waals surface area contributed by atoms with Crippen molar-refractivity contribution in [2.45, 2.75) is 79.1 Å². The van der Waals surface area contributed by atoms with Gasteiger partial charge in [-0.1, -0.05) is 72.8 Å². The lowest BCUT2D eigenvalue weighted by Crippen LogP contribution is -2.44. The first kappa shape index (κ1) is 41.7. The van der Waals surface area contributed by atoms with Gasteiger partial charge in [0, 0.05) is 55.1 Å². The summed E-state index contributed by atoms with van der Waals surface area (Å²) in [4.78, 5) is 4.61. The molecule has 8 nitrogen and oxygen atoms in total. The average molecular weight is 757 g/mol. The molecule has 2 aromatic carbocycles. The van der Waals surface area contributed by atoms with Crippen LogP contribution in [0.15, 0.2) is 118 Å². The molecule has 6 rings (SSSR count). The molecule has 0 unspecified atom stereocenters. The molecule has 0 saturated carbocycles. The van der Waals surface area contributed by atoms with Crippen molar-refractivity contribution in [3.8, 4) is 24.3 Å². The average Bonchev–Trinajstić information content (AvgIpc) is 3.16. The smallest absolute Gasteiger partial charge is 0.137 e. The van der Waals surface area contributed by atoms with Gasteiger partial charge >= 0.3 is 0 Å². The van der Waals surface area contributed by atoms with Crippen molar-refractivity contribution < 1.29 is 9.47 Å². The number of nitrogens with zero attached hydrogens (tertiary/aromatic N) is 6. The number of hydrogen-bond acceptors (Lipinski definition) is 8. The number of allylic oxidation sites excluding steroid dienone is 12. The van der Waals surface area contributed by atoms with E-state index in [1.807, 2.05) is 91.8 Å². The van der Waals surface area contributed by atoms with Crippen LogP contribution in [0.2, 0.25) is 0 Å². The normalized spacial score (nSPS) is 17.7. The number of ether oxygens (including phenoxy) is 2. The summed E-state index contributed by atoms with van der Waals surface area (Å²) < 4.78 is 11.8. The van der Waals surface area contributed by atoms with Gasteiger partial charge in [0.25, 0.3) is 0 Å². The summed E-state index contributed by atoms with van der Waals surface area (Å²) in [5.41, 5.74) is 8.97. The highest BCUT2D eigenvalue weighted by Gasteiger charge is 2.40. The second kappa shape index (κ2) is 16.7. The third-order valence-electron chi connectivity index (χ3n) is 10.7. The lowest BCUT2D eigenvalue weighted by molar-refractivity contribution is 0.223. The summed E-state index contributed by atoms with van der Waals surface area (Å²) >= 11 is 0. The molecule has 0 aliphatic carbocycles. The summed E-state index contributed by atoms with van der Waals surface area (Å²) in [7, 11) is 3.99. The molecule has 0 bridgehead atoms. The monoisotopic (exact) mass is 756 g/mol. The van der Waals surface area contributed by atoms with Gasteiger partial charge in [0.2, 0.25) is 0 Å². The fraction of sp³-hybridized carbons (Fsp3) is 0.347. The minimum absolute atomic E-state index is 0.0777. The van der Waals surface area contributed by atoms with Crippen LogP contribution in [0.25, 0.3) is 12.2 Å². The van der Waals surface area contributed by atoms with Crippen LogP contribution >= 0.6 is 0 Å². The van der Waals surface area contributed by atoms with Crippen molar-refractivity contribution in [3.63, 3.8) is 0 Å². The highest BCUT2D eigenvalue weighted by Crippen LogP contribution is 2.49. The molecule has 0 N–H and O–H groups in total. The minimum atomic E-state index is -0.248. The molecule has 4 aliphatic rings. The predicted molar refractivity (Wildman–Crippen MR) is 229 cm³/mol. The van der Waals surface area contributed by atoms with Crippen LogP contribution in [0.5, 0.6) is 0 Å². The van der Waals surface area contributed by atoms with E-state index in [0.29, 0.717) is 28.4 Å². The van der Waals surface area contributed by atoms with Gasteiger partial charge in [-0.2, -0.15) is 21.0 Å². The maximum atomic E-state index is 9.41. The van der Waals surface area contributed by atoms with Crippen LogP contribution in [0.4, 0.5) is 11.4 Å².